The van der Waals surface area contributed by atoms with Crippen molar-refractivity contribution in [3.8, 4) is 0 Å². The summed E-state index contributed by atoms with van der Waals surface area (Å²) >= 11 is 0. The number of rotatable bonds is 20. The van der Waals surface area contributed by atoms with E-state index in [1.165, 1.54) is 30.5 Å². The number of hydrogen-bond donors (Lipinski definition) is 6. The Morgan fingerprint density at radius 1 is 0.818 bits per heavy atom. The van der Waals surface area contributed by atoms with Crippen LogP contribution in [0.4, 0.5) is 4.79 Å². The molecule has 0 bridgehead atoms. The third-order valence-corrected chi connectivity index (χ3v) is 9.38. The normalized spacial score (nSPS) is 13.4. The first-order chi connectivity index (χ1) is 26.1. The summed E-state index contributed by atoms with van der Waals surface area (Å²) in [5.41, 5.74) is 0.212. The molecule has 4 atom stereocenters. The van der Waals surface area contributed by atoms with Crippen LogP contribution in [0.25, 0.3) is 0 Å². The van der Waals surface area contributed by atoms with E-state index in [1.54, 1.807) is 68.4 Å². The first-order valence-corrected chi connectivity index (χ1v) is 18.5. The van der Waals surface area contributed by atoms with Gasteiger partial charge in [-0.3, -0.25) is 24.2 Å². The van der Waals surface area contributed by atoms with Crippen molar-refractivity contribution >= 4 is 45.6 Å². The fraction of sp³-hybridized carbons (Fsp3) is 0.289. The molecule has 1 aromatic heterocycles. The summed E-state index contributed by atoms with van der Waals surface area (Å²) in [5.74, 6) is -6.22. The SMILES string of the molecule is C=C(C(=O)O)[C@H](NC(=O)OCc1ccccc1)C(=O)N[C@@H](Cc1ccccn1)C(=O)NC(C(=O)N[C@H](/C=C/S(=O)(=O)c1ccccc1)CCC(=O)O)C(C)C. The van der Waals surface area contributed by atoms with Crippen LogP contribution in [-0.2, 0) is 51.6 Å². The minimum Gasteiger partial charge on any atom is -0.481 e. The molecule has 2 aromatic carbocycles. The molecular formula is C38H43N5O11S. The Morgan fingerprint density at radius 3 is 2.04 bits per heavy atom. The van der Waals surface area contributed by atoms with Gasteiger partial charge in [0.15, 0.2) is 9.84 Å². The van der Waals surface area contributed by atoms with Gasteiger partial charge >= 0.3 is 18.0 Å². The number of nitrogens with zero attached hydrogens (tertiary/aromatic N) is 1. The number of aliphatic carboxylic acids is 2. The van der Waals surface area contributed by atoms with E-state index in [-0.39, 0.29) is 24.3 Å². The van der Waals surface area contributed by atoms with Gasteiger partial charge in [-0.2, -0.15) is 0 Å². The second-order valence-corrected chi connectivity index (χ2v) is 14.4. The first-order valence-electron chi connectivity index (χ1n) is 17.0. The molecule has 1 unspecified atom stereocenters. The average Bonchev–Trinajstić information content (AvgIpc) is 3.16. The third kappa shape index (κ3) is 14.2. The lowest BCUT2D eigenvalue weighted by Crippen LogP contribution is -2.59. The van der Waals surface area contributed by atoms with Crippen molar-refractivity contribution in [2.75, 3.05) is 0 Å². The first kappa shape index (κ1) is 43.0. The van der Waals surface area contributed by atoms with Crippen molar-refractivity contribution in [1.82, 2.24) is 26.3 Å². The molecule has 0 saturated carbocycles. The fourth-order valence-corrected chi connectivity index (χ4v) is 6.04. The van der Waals surface area contributed by atoms with Gasteiger partial charge in [0.05, 0.1) is 10.5 Å². The van der Waals surface area contributed by atoms with Gasteiger partial charge < -0.3 is 36.2 Å². The highest BCUT2D eigenvalue weighted by Gasteiger charge is 2.34. The van der Waals surface area contributed by atoms with E-state index in [0.29, 0.717) is 11.3 Å². The van der Waals surface area contributed by atoms with E-state index < -0.39 is 87.7 Å². The summed E-state index contributed by atoms with van der Waals surface area (Å²) in [6.45, 7) is 6.42. The van der Waals surface area contributed by atoms with Gasteiger partial charge in [-0.1, -0.05) is 81.1 Å². The molecule has 0 aliphatic carbocycles. The molecule has 3 rings (SSSR count). The molecule has 16 nitrogen and oxygen atoms in total. The zero-order valence-electron chi connectivity index (χ0n) is 30.1. The molecule has 0 aliphatic rings. The number of hydrogen-bond acceptors (Lipinski definition) is 10. The predicted molar refractivity (Wildman–Crippen MR) is 199 cm³/mol. The second kappa shape index (κ2) is 20.8. The van der Waals surface area contributed by atoms with E-state index in [0.717, 1.165) is 11.5 Å². The molecule has 0 radical (unpaired) electrons. The Balaban J connectivity index is 1.84. The number of pyridine rings is 1. The smallest absolute Gasteiger partial charge is 0.408 e. The molecule has 4 amide bonds. The van der Waals surface area contributed by atoms with Crippen LogP contribution in [-0.4, -0.2) is 83.5 Å². The van der Waals surface area contributed by atoms with Crippen molar-refractivity contribution in [2.24, 2.45) is 5.92 Å². The quantitative estimate of drug-likeness (QED) is 0.0907. The van der Waals surface area contributed by atoms with Crippen LogP contribution in [0.15, 0.2) is 114 Å². The number of alkyl carbamates (subject to hydrolysis) is 1. The summed E-state index contributed by atoms with van der Waals surface area (Å²) < 4.78 is 30.9. The van der Waals surface area contributed by atoms with Gasteiger partial charge in [0, 0.05) is 36.2 Å². The average molecular weight is 778 g/mol. The summed E-state index contributed by atoms with van der Waals surface area (Å²) in [4.78, 5) is 81.2. The van der Waals surface area contributed by atoms with Crippen LogP contribution in [0.2, 0.25) is 0 Å². The number of nitrogens with one attached hydrogen (secondary N) is 4. The lowest BCUT2D eigenvalue weighted by Gasteiger charge is -2.27. The topological polar surface area (TPSA) is 247 Å². The Bertz CT molecular complexity index is 1960. The van der Waals surface area contributed by atoms with Gasteiger partial charge in [-0.15, -0.1) is 0 Å². The molecule has 0 saturated heterocycles. The van der Waals surface area contributed by atoms with E-state index >= 15 is 0 Å². The Kier molecular flexibility index (Phi) is 16.3. The summed E-state index contributed by atoms with van der Waals surface area (Å²) in [6.07, 6.45) is 0.606. The van der Waals surface area contributed by atoms with E-state index in [4.69, 9.17) is 4.74 Å². The summed E-state index contributed by atoms with van der Waals surface area (Å²) in [6, 6.07) is 15.1. The molecule has 1 heterocycles. The van der Waals surface area contributed by atoms with E-state index in [1.807, 2.05) is 0 Å². The van der Waals surface area contributed by atoms with Gasteiger partial charge in [0.1, 0.15) is 24.7 Å². The van der Waals surface area contributed by atoms with Crippen LogP contribution in [0.3, 0.4) is 0 Å². The number of aromatic nitrogens is 1. The Hall–Kier alpha value is -6.36. The standard InChI is InChI=1S/C38H43N5O11S/c1-24(2)32(35(47)40-27(17-18-31(44)45)19-21-55(52,53)29-15-8-5-9-16-29)42-34(46)30(22-28-14-10-11-20-39-28)41-36(48)33(25(3)37(49)50)43-38(51)54-23-26-12-6-4-7-13-26/h4-16,19-21,24,27,30,32-33H,3,17-18,22-23H2,1-2H3,(H,40,47)(H,41,48)(H,42,46)(H,43,51)(H,44,45)(H,49,50)/b21-19+/t27-,30-,32?,33-/m0/s1. The molecule has 6 N–H and O–H groups in total. The third-order valence-electron chi connectivity index (χ3n) is 7.94. The van der Waals surface area contributed by atoms with Crippen molar-refractivity contribution in [2.45, 2.75) is 68.8 Å². The highest BCUT2D eigenvalue weighted by atomic mass is 32.2. The number of benzene rings is 2. The largest absolute Gasteiger partial charge is 0.481 e. The molecule has 0 aliphatic heterocycles. The highest BCUT2D eigenvalue weighted by molar-refractivity contribution is 7.94. The molecule has 0 fully saturated rings. The van der Waals surface area contributed by atoms with Crippen molar-refractivity contribution < 1.29 is 52.1 Å². The van der Waals surface area contributed by atoms with Crippen molar-refractivity contribution in [3.05, 3.63) is 120 Å². The van der Waals surface area contributed by atoms with Gasteiger partial charge in [0.25, 0.3) is 0 Å². The number of ether oxygens (including phenoxy) is 1. The number of carboxylic acid groups (broad SMARTS) is 2. The number of carbonyl (C=O) groups is 6. The maximum Gasteiger partial charge on any atom is 0.408 e. The minimum absolute atomic E-state index is 0.0173. The Labute approximate surface area is 318 Å². The summed E-state index contributed by atoms with van der Waals surface area (Å²) in [5, 5.41) is 29.6. The monoisotopic (exact) mass is 777 g/mol. The van der Waals surface area contributed by atoms with Gasteiger partial charge in [0.2, 0.25) is 17.7 Å². The lowest BCUT2D eigenvalue weighted by atomic mass is 10.0. The van der Waals surface area contributed by atoms with Gasteiger partial charge in [-0.05, 0) is 42.2 Å². The molecule has 3 aromatic rings. The predicted octanol–water partition coefficient (Wildman–Crippen LogP) is 2.52. The molecule has 0 spiro atoms. The maximum atomic E-state index is 13.9. The number of carbonyl (C=O) groups excluding carboxylic acids is 4. The molecule has 55 heavy (non-hydrogen) atoms. The minimum atomic E-state index is -3.95. The molecular weight excluding hydrogens is 735 g/mol. The number of carboxylic acids is 2. The Morgan fingerprint density at radius 2 is 1.45 bits per heavy atom. The number of amides is 4. The lowest BCUT2D eigenvalue weighted by molar-refractivity contribution is -0.137. The second-order valence-electron chi connectivity index (χ2n) is 12.5. The van der Waals surface area contributed by atoms with Crippen LogP contribution >= 0.6 is 0 Å². The van der Waals surface area contributed by atoms with Crippen LogP contribution in [0, 0.1) is 5.92 Å². The fourth-order valence-electron chi connectivity index (χ4n) is 4.95. The highest BCUT2D eigenvalue weighted by Crippen LogP contribution is 2.14. The maximum absolute atomic E-state index is 13.9. The van der Waals surface area contributed by atoms with E-state index in [9.17, 15) is 47.4 Å². The van der Waals surface area contributed by atoms with Crippen molar-refractivity contribution in [3.63, 3.8) is 0 Å². The van der Waals surface area contributed by atoms with Crippen LogP contribution in [0.5, 0.6) is 0 Å². The van der Waals surface area contributed by atoms with Gasteiger partial charge in [-0.25, -0.2) is 18.0 Å². The summed E-state index contributed by atoms with van der Waals surface area (Å²) in [7, 11) is -3.95. The van der Waals surface area contributed by atoms with E-state index in [2.05, 4.69) is 32.8 Å². The zero-order valence-corrected chi connectivity index (χ0v) is 30.9. The number of sulfone groups is 1. The van der Waals surface area contributed by atoms with Crippen LogP contribution < -0.4 is 21.3 Å². The molecule has 292 valence electrons. The van der Waals surface area contributed by atoms with Crippen molar-refractivity contribution in [1.29, 1.82) is 0 Å². The van der Waals surface area contributed by atoms with Crippen LogP contribution in [0.1, 0.15) is 37.9 Å². The zero-order chi connectivity index (χ0) is 40.5. The molecule has 17 heteroatoms.